The highest BCUT2D eigenvalue weighted by atomic mass is 35.7. The van der Waals surface area contributed by atoms with Crippen LogP contribution in [0.1, 0.15) is 11.1 Å². The molecule has 2 aromatic carbocycles. The summed E-state index contributed by atoms with van der Waals surface area (Å²) < 4.78 is 59.6. The lowest BCUT2D eigenvalue weighted by molar-refractivity contribution is -0.385. The van der Waals surface area contributed by atoms with E-state index in [-0.39, 0.29) is 22.3 Å². The summed E-state index contributed by atoms with van der Waals surface area (Å²) in [6.07, 6.45) is -5.04. The molecule has 0 aliphatic heterocycles. The molecule has 0 spiro atoms. The van der Waals surface area contributed by atoms with Gasteiger partial charge in [0.15, 0.2) is 0 Å². The molecule has 0 heterocycles. The SMILES string of the molecule is Cc1cc([N+](=O)[O-])c(OC[P+](=O)Cl)cc1Oc1ccc(C(F)(F)F)cc1Cl. The van der Waals surface area contributed by atoms with E-state index in [9.17, 15) is 27.9 Å². The summed E-state index contributed by atoms with van der Waals surface area (Å²) in [6, 6.07) is 4.81. The van der Waals surface area contributed by atoms with E-state index in [2.05, 4.69) is 0 Å². The molecule has 0 aliphatic carbocycles. The van der Waals surface area contributed by atoms with Crippen LogP contribution >= 0.6 is 30.0 Å². The van der Waals surface area contributed by atoms with Crippen molar-refractivity contribution >= 4 is 35.7 Å². The molecule has 0 aromatic heterocycles. The van der Waals surface area contributed by atoms with Crippen molar-refractivity contribution < 1.29 is 32.1 Å². The Morgan fingerprint density at radius 2 is 1.85 bits per heavy atom. The number of nitro groups is 1. The van der Waals surface area contributed by atoms with E-state index in [4.69, 9.17) is 32.3 Å². The summed E-state index contributed by atoms with van der Waals surface area (Å²) >= 11 is 11.1. The minimum Gasteiger partial charge on any atom is -0.455 e. The van der Waals surface area contributed by atoms with E-state index < -0.39 is 35.9 Å². The van der Waals surface area contributed by atoms with E-state index >= 15 is 0 Å². The standard InChI is InChI=1S/C15H10Cl2F3NO5P/c1-8-4-11(21(22)23)14(25-7-27(17)24)6-13(8)26-12-3-2-9(5-10(12)16)15(18,19)20/h2-6H,7H2,1H3/q+1. The molecule has 0 N–H and O–H groups in total. The van der Waals surface area contributed by atoms with E-state index in [1.165, 1.54) is 6.92 Å². The summed E-state index contributed by atoms with van der Waals surface area (Å²) in [5, 5.41) is 10.8. The fraction of sp³-hybridized carbons (Fsp3) is 0.200. The predicted molar refractivity (Wildman–Crippen MR) is 93.3 cm³/mol. The average molecular weight is 443 g/mol. The summed E-state index contributed by atoms with van der Waals surface area (Å²) in [6.45, 7) is 1.49. The van der Waals surface area contributed by atoms with Gasteiger partial charge >= 0.3 is 25.4 Å². The lowest BCUT2D eigenvalue weighted by Crippen LogP contribution is -2.04. The number of alkyl halides is 3. The van der Waals surface area contributed by atoms with E-state index in [0.717, 1.165) is 24.3 Å². The maximum atomic E-state index is 12.7. The molecule has 1 unspecified atom stereocenters. The summed E-state index contributed by atoms with van der Waals surface area (Å²) in [5.74, 6) is -0.286. The molecule has 0 bridgehead atoms. The molecule has 0 radical (unpaired) electrons. The van der Waals surface area contributed by atoms with Crippen molar-refractivity contribution in [2.24, 2.45) is 0 Å². The Kier molecular flexibility index (Phi) is 6.51. The molecule has 144 valence electrons. The molecule has 0 saturated heterocycles. The zero-order valence-corrected chi connectivity index (χ0v) is 15.8. The second-order valence-electron chi connectivity index (χ2n) is 5.18. The molecular weight excluding hydrogens is 433 g/mol. The molecule has 0 fully saturated rings. The number of benzene rings is 2. The van der Waals surface area contributed by atoms with E-state index in [1.807, 2.05) is 0 Å². The molecule has 27 heavy (non-hydrogen) atoms. The number of ether oxygens (including phenoxy) is 2. The molecule has 0 amide bonds. The van der Waals surface area contributed by atoms with Crippen molar-refractivity contribution in [2.75, 3.05) is 6.35 Å². The number of hydrogen-bond donors (Lipinski definition) is 0. The van der Waals surface area contributed by atoms with E-state index in [1.54, 1.807) is 0 Å². The smallest absolute Gasteiger partial charge is 0.455 e. The van der Waals surface area contributed by atoms with Crippen molar-refractivity contribution in [3.8, 4) is 17.2 Å². The maximum absolute atomic E-state index is 12.7. The van der Waals surface area contributed by atoms with Crippen LogP contribution in [-0.2, 0) is 10.7 Å². The molecule has 0 saturated carbocycles. The van der Waals surface area contributed by atoms with Crippen molar-refractivity contribution in [3.05, 3.63) is 56.6 Å². The first-order chi connectivity index (χ1) is 12.5. The molecule has 2 aromatic rings. The second-order valence-corrected chi connectivity index (χ2v) is 7.61. The van der Waals surface area contributed by atoms with Crippen molar-refractivity contribution in [2.45, 2.75) is 13.1 Å². The van der Waals surface area contributed by atoms with Gasteiger partial charge < -0.3 is 9.47 Å². The third kappa shape index (κ3) is 5.45. The van der Waals surface area contributed by atoms with Gasteiger partial charge in [0.05, 0.1) is 15.5 Å². The second kappa shape index (κ2) is 8.29. The van der Waals surface area contributed by atoms with E-state index in [0.29, 0.717) is 11.6 Å². The minimum absolute atomic E-state index is 0.0575. The van der Waals surface area contributed by atoms with Gasteiger partial charge in [0.2, 0.25) is 17.0 Å². The monoisotopic (exact) mass is 442 g/mol. The average Bonchev–Trinajstić information content (AvgIpc) is 2.55. The van der Waals surface area contributed by atoms with Crippen LogP contribution in [0.15, 0.2) is 30.3 Å². The van der Waals surface area contributed by atoms with Gasteiger partial charge in [-0.15, -0.1) is 0 Å². The maximum Gasteiger partial charge on any atom is 0.496 e. The van der Waals surface area contributed by atoms with Crippen molar-refractivity contribution in [1.29, 1.82) is 0 Å². The summed E-state index contributed by atoms with van der Waals surface area (Å²) in [4.78, 5) is 10.4. The zero-order valence-electron chi connectivity index (χ0n) is 13.4. The third-order valence-electron chi connectivity index (χ3n) is 3.25. The Morgan fingerprint density at radius 1 is 1.19 bits per heavy atom. The number of nitro benzene ring substituents is 1. The van der Waals surface area contributed by atoms with Crippen LogP contribution in [0.4, 0.5) is 18.9 Å². The number of nitrogens with zero attached hydrogens (tertiary/aromatic N) is 1. The Labute approximate surface area is 161 Å². The highest BCUT2D eigenvalue weighted by molar-refractivity contribution is 7.73. The van der Waals surface area contributed by atoms with Crippen LogP contribution < -0.4 is 9.47 Å². The van der Waals surface area contributed by atoms with Crippen molar-refractivity contribution in [1.82, 2.24) is 0 Å². The molecule has 6 nitrogen and oxygen atoms in total. The molecule has 2 rings (SSSR count). The fourth-order valence-corrected chi connectivity index (χ4v) is 2.63. The minimum atomic E-state index is -4.56. The van der Waals surface area contributed by atoms with Gasteiger partial charge in [-0.05, 0) is 35.3 Å². The molecule has 12 heteroatoms. The largest absolute Gasteiger partial charge is 0.496 e. The summed E-state index contributed by atoms with van der Waals surface area (Å²) in [7, 11) is -2.23. The predicted octanol–water partition coefficient (Wildman–Crippen LogP) is 6.69. The molecule has 1 atom stereocenters. The van der Waals surface area contributed by atoms with Gasteiger partial charge in [-0.3, -0.25) is 10.1 Å². The van der Waals surface area contributed by atoms with Crippen molar-refractivity contribution in [3.63, 3.8) is 0 Å². The van der Waals surface area contributed by atoms with Crippen LogP contribution in [0.3, 0.4) is 0 Å². The number of aryl methyl sites for hydroxylation is 1. The quantitative estimate of drug-likeness (QED) is 0.283. The normalized spacial score (nSPS) is 11.9. The highest BCUT2D eigenvalue weighted by Crippen LogP contribution is 2.41. The lowest BCUT2D eigenvalue weighted by atomic mass is 10.1. The van der Waals surface area contributed by atoms with Gasteiger partial charge in [0.25, 0.3) is 0 Å². The number of hydrogen-bond acceptors (Lipinski definition) is 5. The summed E-state index contributed by atoms with van der Waals surface area (Å²) in [5.41, 5.74) is -1.05. The Hall–Kier alpha value is -2.09. The van der Waals surface area contributed by atoms with Crippen LogP contribution in [-0.4, -0.2) is 11.3 Å². The topological polar surface area (TPSA) is 78.7 Å². The van der Waals surface area contributed by atoms with Crippen LogP contribution in [0.5, 0.6) is 17.2 Å². The Bertz CT molecular complexity index is 908. The van der Waals surface area contributed by atoms with Gasteiger partial charge in [0.1, 0.15) is 11.5 Å². The van der Waals surface area contributed by atoms with Gasteiger partial charge in [-0.2, -0.15) is 13.2 Å². The van der Waals surface area contributed by atoms with Crippen LogP contribution in [0.2, 0.25) is 5.02 Å². The van der Waals surface area contributed by atoms with Gasteiger partial charge in [-0.25, -0.2) is 0 Å². The third-order valence-corrected chi connectivity index (χ3v) is 4.17. The fourth-order valence-electron chi connectivity index (χ4n) is 2.02. The lowest BCUT2D eigenvalue weighted by Gasteiger charge is -2.13. The molecule has 0 aliphatic rings. The van der Waals surface area contributed by atoms with Gasteiger partial charge in [-0.1, -0.05) is 11.6 Å². The Morgan fingerprint density at radius 3 is 2.37 bits per heavy atom. The first kappa shape index (κ1) is 21.2. The first-order valence-corrected chi connectivity index (χ1v) is 9.78. The van der Waals surface area contributed by atoms with Crippen LogP contribution in [0, 0.1) is 17.0 Å². The highest BCUT2D eigenvalue weighted by Gasteiger charge is 2.31. The Balaban J connectivity index is 2.39. The molecular formula is C15H10Cl2F3NO5P+. The number of halogens is 5. The first-order valence-electron chi connectivity index (χ1n) is 7.06. The zero-order chi connectivity index (χ0) is 20.4. The number of rotatable bonds is 6. The van der Waals surface area contributed by atoms with Crippen LogP contribution in [0.25, 0.3) is 0 Å². The van der Waals surface area contributed by atoms with Gasteiger partial charge in [0, 0.05) is 12.1 Å².